The zero-order valence-corrected chi connectivity index (χ0v) is 12.9. The maximum absolute atomic E-state index is 4.51. The normalized spacial score (nSPS) is 13.1. The van der Waals surface area contributed by atoms with Gasteiger partial charge in [-0.05, 0) is 33.7 Å². The number of nitrogens with zero attached hydrogens (tertiary/aromatic N) is 3. The van der Waals surface area contributed by atoms with Crippen LogP contribution in [0.1, 0.15) is 51.1 Å². The Morgan fingerprint density at radius 2 is 2.11 bits per heavy atom. The Balaban J connectivity index is 2.11. The molecule has 2 heterocycles. The average molecular weight is 278 g/mol. The van der Waals surface area contributed by atoms with Gasteiger partial charge in [0.05, 0.1) is 6.20 Å². The van der Waals surface area contributed by atoms with Gasteiger partial charge in [-0.1, -0.05) is 6.92 Å². The van der Waals surface area contributed by atoms with Crippen LogP contribution in [-0.2, 0) is 0 Å². The number of thiazole rings is 1. The molecule has 0 aliphatic carbocycles. The predicted molar refractivity (Wildman–Crippen MR) is 80.4 cm³/mol. The highest BCUT2D eigenvalue weighted by molar-refractivity contribution is 7.15. The molecule has 0 bridgehead atoms. The summed E-state index contributed by atoms with van der Waals surface area (Å²) in [4.78, 5) is 5.79. The van der Waals surface area contributed by atoms with Gasteiger partial charge in [0.2, 0.25) is 0 Å². The Kier molecular flexibility index (Phi) is 4.71. The Labute approximate surface area is 118 Å². The molecule has 1 unspecified atom stereocenters. The number of nitrogens with one attached hydrogen (secondary N) is 1. The van der Waals surface area contributed by atoms with Crippen LogP contribution in [0.5, 0.6) is 0 Å². The molecule has 2 rings (SSSR count). The molecule has 2 aromatic rings. The van der Waals surface area contributed by atoms with Crippen molar-refractivity contribution >= 4 is 11.3 Å². The Bertz CT molecular complexity index is 515. The third-order valence-electron chi connectivity index (χ3n) is 3.03. The van der Waals surface area contributed by atoms with Crippen molar-refractivity contribution in [1.29, 1.82) is 0 Å². The number of rotatable bonds is 6. The van der Waals surface area contributed by atoms with E-state index in [1.54, 1.807) is 11.3 Å². The van der Waals surface area contributed by atoms with Crippen LogP contribution in [0.25, 0.3) is 10.6 Å². The molecule has 0 fully saturated rings. The van der Waals surface area contributed by atoms with Crippen molar-refractivity contribution in [1.82, 2.24) is 20.1 Å². The summed E-state index contributed by atoms with van der Waals surface area (Å²) in [6, 6.07) is 0.754. The van der Waals surface area contributed by atoms with Gasteiger partial charge < -0.3 is 5.32 Å². The van der Waals surface area contributed by atoms with Crippen LogP contribution >= 0.6 is 11.3 Å². The smallest absolute Gasteiger partial charge is 0.126 e. The molecule has 0 aliphatic rings. The molecular formula is C14H22N4S. The van der Waals surface area contributed by atoms with Crippen molar-refractivity contribution in [2.24, 2.45) is 0 Å². The Hall–Kier alpha value is -1.20. The van der Waals surface area contributed by atoms with Gasteiger partial charge in [0.1, 0.15) is 5.01 Å². The van der Waals surface area contributed by atoms with Crippen LogP contribution in [0, 0.1) is 0 Å². The first-order valence-electron chi connectivity index (χ1n) is 6.85. The molecule has 1 N–H and O–H groups in total. The molecule has 2 aromatic heterocycles. The third-order valence-corrected chi connectivity index (χ3v) is 4.26. The second-order valence-corrected chi connectivity index (χ2v) is 6.11. The van der Waals surface area contributed by atoms with E-state index in [0.29, 0.717) is 12.1 Å². The molecule has 0 radical (unpaired) electrons. The maximum atomic E-state index is 4.51. The van der Waals surface area contributed by atoms with Gasteiger partial charge >= 0.3 is 0 Å². The van der Waals surface area contributed by atoms with E-state index in [1.165, 1.54) is 4.88 Å². The molecule has 0 spiro atoms. The van der Waals surface area contributed by atoms with Gasteiger partial charge in [0, 0.05) is 34.9 Å². The molecule has 4 nitrogen and oxygen atoms in total. The van der Waals surface area contributed by atoms with Crippen molar-refractivity contribution in [3.8, 4) is 10.6 Å². The lowest BCUT2D eigenvalue weighted by Gasteiger charge is -2.09. The number of hydrogen-bond acceptors (Lipinski definition) is 4. The summed E-state index contributed by atoms with van der Waals surface area (Å²) in [6.07, 6.45) is 7.08. The van der Waals surface area contributed by atoms with E-state index in [9.17, 15) is 0 Å². The predicted octanol–water partition coefficient (Wildman–Crippen LogP) is 3.65. The number of aromatic nitrogens is 3. The first-order chi connectivity index (χ1) is 9.11. The molecule has 0 amide bonds. The number of hydrogen-bond donors (Lipinski definition) is 1. The largest absolute Gasteiger partial charge is 0.309 e. The van der Waals surface area contributed by atoms with Crippen molar-refractivity contribution < 1.29 is 0 Å². The standard InChI is InChI=1S/C14H22N4S/c1-5-6-15-11(4)13-8-16-14(19-13)12-7-17-18(9-12)10(2)3/h7-11,15H,5-6H2,1-4H3. The van der Waals surface area contributed by atoms with Crippen molar-refractivity contribution in [2.75, 3.05) is 6.54 Å². The lowest BCUT2D eigenvalue weighted by atomic mass is 10.3. The average Bonchev–Trinajstić information content (AvgIpc) is 3.03. The third kappa shape index (κ3) is 3.42. The fraction of sp³-hybridized carbons (Fsp3) is 0.571. The van der Waals surface area contributed by atoms with Gasteiger partial charge in [-0.2, -0.15) is 5.10 Å². The molecule has 0 aliphatic heterocycles. The van der Waals surface area contributed by atoms with Crippen LogP contribution < -0.4 is 5.32 Å². The van der Waals surface area contributed by atoms with Gasteiger partial charge in [-0.15, -0.1) is 11.3 Å². The second kappa shape index (κ2) is 6.30. The Morgan fingerprint density at radius 3 is 2.74 bits per heavy atom. The molecule has 0 saturated heterocycles. The summed E-state index contributed by atoms with van der Waals surface area (Å²) in [6.45, 7) is 9.66. The topological polar surface area (TPSA) is 42.7 Å². The molecule has 19 heavy (non-hydrogen) atoms. The summed E-state index contributed by atoms with van der Waals surface area (Å²) in [5.41, 5.74) is 1.10. The minimum atomic E-state index is 0.367. The molecule has 104 valence electrons. The highest BCUT2D eigenvalue weighted by atomic mass is 32.1. The maximum Gasteiger partial charge on any atom is 0.126 e. The molecule has 0 saturated carbocycles. The zero-order chi connectivity index (χ0) is 13.8. The van der Waals surface area contributed by atoms with Crippen molar-refractivity contribution in [2.45, 2.75) is 46.2 Å². The summed E-state index contributed by atoms with van der Waals surface area (Å²) in [5, 5.41) is 8.90. The van der Waals surface area contributed by atoms with Crippen molar-refractivity contribution in [3.05, 3.63) is 23.5 Å². The molecule has 0 aromatic carbocycles. The molecule has 1 atom stereocenters. The van der Waals surface area contributed by atoms with E-state index in [4.69, 9.17) is 0 Å². The Morgan fingerprint density at radius 1 is 1.32 bits per heavy atom. The minimum Gasteiger partial charge on any atom is -0.309 e. The summed E-state index contributed by atoms with van der Waals surface area (Å²) in [7, 11) is 0. The highest BCUT2D eigenvalue weighted by Crippen LogP contribution is 2.28. The van der Waals surface area contributed by atoms with E-state index < -0.39 is 0 Å². The lowest BCUT2D eigenvalue weighted by Crippen LogP contribution is -2.18. The van der Waals surface area contributed by atoms with E-state index in [-0.39, 0.29) is 0 Å². The van der Waals surface area contributed by atoms with Crippen LogP contribution in [0.3, 0.4) is 0 Å². The highest BCUT2D eigenvalue weighted by Gasteiger charge is 2.12. The van der Waals surface area contributed by atoms with Gasteiger partial charge in [0.25, 0.3) is 0 Å². The SMILES string of the molecule is CCCNC(C)c1cnc(-c2cnn(C(C)C)c2)s1. The zero-order valence-electron chi connectivity index (χ0n) is 12.1. The summed E-state index contributed by atoms with van der Waals surface area (Å²) in [5.74, 6) is 0. The first kappa shape index (κ1) is 14.2. The van der Waals surface area contributed by atoms with Gasteiger partial charge in [0.15, 0.2) is 0 Å². The molecular weight excluding hydrogens is 256 g/mol. The fourth-order valence-electron chi connectivity index (χ4n) is 1.81. The first-order valence-corrected chi connectivity index (χ1v) is 7.67. The van der Waals surface area contributed by atoms with Crippen LogP contribution in [-0.4, -0.2) is 21.3 Å². The minimum absolute atomic E-state index is 0.367. The van der Waals surface area contributed by atoms with Crippen molar-refractivity contribution in [3.63, 3.8) is 0 Å². The second-order valence-electron chi connectivity index (χ2n) is 5.05. The molecule has 5 heteroatoms. The van der Waals surface area contributed by atoms with E-state index >= 15 is 0 Å². The summed E-state index contributed by atoms with van der Waals surface area (Å²) >= 11 is 1.74. The van der Waals surface area contributed by atoms with Gasteiger partial charge in [-0.3, -0.25) is 4.68 Å². The van der Waals surface area contributed by atoms with E-state index in [2.05, 4.69) is 49.3 Å². The van der Waals surface area contributed by atoms with E-state index in [0.717, 1.165) is 23.5 Å². The van der Waals surface area contributed by atoms with Crippen LogP contribution in [0.2, 0.25) is 0 Å². The quantitative estimate of drug-likeness (QED) is 0.877. The van der Waals surface area contributed by atoms with E-state index in [1.807, 2.05) is 17.1 Å². The van der Waals surface area contributed by atoms with Crippen LogP contribution in [0.4, 0.5) is 0 Å². The monoisotopic (exact) mass is 278 g/mol. The van der Waals surface area contributed by atoms with Crippen LogP contribution in [0.15, 0.2) is 18.6 Å². The van der Waals surface area contributed by atoms with Gasteiger partial charge in [-0.25, -0.2) is 4.98 Å². The lowest BCUT2D eigenvalue weighted by molar-refractivity contribution is 0.532. The summed E-state index contributed by atoms with van der Waals surface area (Å²) < 4.78 is 1.97. The fourth-order valence-corrected chi connectivity index (χ4v) is 2.73.